The zero-order chi connectivity index (χ0) is 17.4. The first kappa shape index (κ1) is 16.0. The van der Waals surface area contributed by atoms with Crippen LogP contribution in [0.3, 0.4) is 0 Å². The van der Waals surface area contributed by atoms with Crippen molar-refractivity contribution < 1.29 is 14.4 Å². The Morgan fingerprint density at radius 2 is 1.96 bits per heavy atom. The van der Waals surface area contributed by atoms with E-state index in [-0.39, 0.29) is 11.8 Å². The van der Waals surface area contributed by atoms with Gasteiger partial charge in [0.15, 0.2) is 0 Å². The molecule has 0 fully saturated rings. The molecule has 2 aromatic carbocycles. The highest BCUT2D eigenvalue weighted by atomic mass is 16.2. The SMILES string of the molecule is CC(=O)N[C@H]1Cc2c(ccc3ccccc23)N([C@@H](C)C(N)=O)C1=O. The van der Waals surface area contributed by atoms with Gasteiger partial charge in [-0.2, -0.15) is 0 Å². The van der Waals surface area contributed by atoms with Crippen molar-refractivity contribution in [3.05, 3.63) is 42.0 Å². The Balaban J connectivity index is 2.20. The second-order valence-electron chi connectivity index (χ2n) is 6.03. The first-order chi connectivity index (χ1) is 11.4. The maximum Gasteiger partial charge on any atom is 0.250 e. The van der Waals surface area contributed by atoms with E-state index in [0.29, 0.717) is 12.1 Å². The molecule has 6 heteroatoms. The second kappa shape index (κ2) is 5.96. The van der Waals surface area contributed by atoms with Crippen LogP contribution in [0.4, 0.5) is 5.69 Å². The summed E-state index contributed by atoms with van der Waals surface area (Å²) in [5.74, 6) is -1.20. The molecule has 24 heavy (non-hydrogen) atoms. The van der Waals surface area contributed by atoms with Gasteiger partial charge in [-0.3, -0.25) is 19.3 Å². The summed E-state index contributed by atoms with van der Waals surface area (Å²) in [6.45, 7) is 2.96. The molecule has 0 bridgehead atoms. The third kappa shape index (κ3) is 2.60. The van der Waals surface area contributed by atoms with Gasteiger partial charge in [0, 0.05) is 19.0 Å². The van der Waals surface area contributed by atoms with Crippen molar-refractivity contribution in [3.8, 4) is 0 Å². The standard InChI is InChI=1S/C18H19N3O3/c1-10(17(19)23)21-16-8-7-12-5-3-4-6-13(12)14(16)9-15(18(21)24)20-11(2)22/h3-8,10,15H,9H2,1-2H3,(H2,19,23)(H,20,22)/t10-,15-/m0/s1. The third-order valence-electron chi connectivity index (χ3n) is 4.40. The molecule has 1 aliphatic rings. The lowest BCUT2D eigenvalue weighted by Gasteiger charge is -2.37. The maximum atomic E-state index is 12.8. The number of carbonyl (C=O) groups excluding carboxylic acids is 3. The molecule has 0 unspecified atom stereocenters. The Bertz CT molecular complexity index is 847. The van der Waals surface area contributed by atoms with Gasteiger partial charge in [0.05, 0.1) is 0 Å². The highest BCUT2D eigenvalue weighted by Crippen LogP contribution is 2.35. The van der Waals surface area contributed by atoms with Gasteiger partial charge in [-0.05, 0) is 29.3 Å². The molecule has 0 radical (unpaired) electrons. The van der Waals surface area contributed by atoms with Crippen molar-refractivity contribution in [2.75, 3.05) is 4.90 Å². The second-order valence-corrected chi connectivity index (χ2v) is 6.03. The van der Waals surface area contributed by atoms with E-state index in [1.165, 1.54) is 11.8 Å². The number of carbonyl (C=O) groups is 3. The maximum absolute atomic E-state index is 12.8. The molecule has 3 amide bonds. The fourth-order valence-electron chi connectivity index (χ4n) is 3.23. The van der Waals surface area contributed by atoms with E-state index < -0.39 is 18.0 Å². The van der Waals surface area contributed by atoms with Crippen LogP contribution in [-0.2, 0) is 20.8 Å². The predicted molar refractivity (Wildman–Crippen MR) is 91.4 cm³/mol. The molecule has 2 aromatic rings. The largest absolute Gasteiger partial charge is 0.368 e. The fourth-order valence-corrected chi connectivity index (χ4v) is 3.23. The number of anilines is 1. The highest BCUT2D eigenvalue weighted by molar-refractivity contribution is 6.08. The van der Waals surface area contributed by atoms with Gasteiger partial charge in [-0.1, -0.05) is 30.3 Å². The monoisotopic (exact) mass is 325 g/mol. The van der Waals surface area contributed by atoms with Crippen LogP contribution in [0.1, 0.15) is 19.4 Å². The van der Waals surface area contributed by atoms with Crippen molar-refractivity contribution in [1.82, 2.24) is 5.32 Å². The van der Waals surface area contributed by atoms with Gasteiger partial charge < -0.3 is 11.1 Å². The molecular formula is C18H19N3O3. The van der Waals surface area contributed by atoms with Crippen LogP contribution >= 0.6 is 0 Å². The molecule has 0 spiro atoms. The number of fused-ring (bicyclic) bond motifs is 3. The zero-order valence-corrected chi connectivity index (χ0v) is 13.6. The zero-order valence-electron chi connectivity index (χ0n) is 13.6. The third-order valence-corrected chi connectivity index (χ3v) is 4.40. The Labute approximate surface area is 139 Å². The smallest absolute Gasteiger partial charge is 0.250 e. The summed E-state index contributed by atoms with van der Waals surface area (Å²) in [6.07, 6.45) is 0.386. The molecule has 0 aliphatic carbocycles. The molecule has 1 aliphatic heterocycles. The topological polar surface area (TPSA) is 92.5 Å². The van der Waals surface area contributed by atoms with E-state index in [1.54, 1.807) is 6.92 Å². The number of amides is 3. The summed E-state index contributed by atoms with van der Waals surface area (Å²) in [4.78, 5) is 37.4. The number of hydrogen-bond acceptors (Lipinski definition) is 3. The van der Waals surface area contributed by atoms with Crippen LogP contribution in [0.5, 0.6) is 0 Å². The molecule has 2 atom stereocenters. The summed E-state index contributed by atoms with van der Waals surface area (Å²) < 4.78 is 0. The van der Waals surface area contributed by atoms with E-state index >= 15 is 0 Å². The average Bonchev–Trinajstić information content (AvgIpc) is 2.54. The average molecular weight is 325 g/mol. The summed E-state index contributed by atoms with van der Waals surface area (Å²) in [5, 5.41) is 4.72. The summed E-state index contributed by atoms with van der Waals surface area (Å²) >= 11 is 0. The number of hydrogen-bond donors (Lipinski definition) is 2. The van der Waals surface area contributed by atoms with Crippen molar-refractivity contribution >= 4 is 34.2 Å². The number of nitrogens with two attached hydrogens (primary N) is 1. The minimum absolute atomic E-state index is 0.288. The van der Waals surface area contributed by atoms with Crippen molar-refractivity contribution in [1.29, 1.82) is 0 Å². The Morgan fingerprint density at radius 1 is 1.25 bits per heavy atom. The summed E-state index contributed by atoms with van der Waals surface area (Å²) in [7, 11) is 0. The Hall–Kier alpha value is -2.89. The molecule has 0 saturated heterocycles. The van der Waals surface area contributed by atoms with Crippen molar-refractivity contribution in [2.24, 2.45) is 5.73 Å². The molecule has 3 rings (SSSR count). The molecule has 0 aromatic heterocycles. The minimum Gasteiger partial charge on any atom is -0.368 e. The number of nitrogens with one attached hydrogen (secondary N) is 1. The lowest BCUT2D eigenvalue weighted by molar-refractivity contribution is -0.128. The molecular weight excluding hydrogens is 306 g/mol. The first-order valence-corrected chi connectivity index (χ1v) is 7.80. The van der Waals surface area contributed by atoms with E-state index in [2.05, 4.69) is 5.32 Å². The van der Waals surface area contributed by atoms with Crippen LogP contribution in [0.2, 0.25) is 0 Å². The van der Waals surface area contributed by atoms with E-state index in [4.69, 9.17) is 5.73 Å². The van der Waals surface area contributed by atoms with E-state index in [0.717, 1.165) is 16.3 Å². The van der Waals surface area contributed by atoms with Crippen LogP contribution in [0, 0.1) is 0 Å². The summed E-state index contributed by atoms with van der Waals surface area (Å²) in [6, 6.07) is 10.1. The lowest BCUT2D eigenvalue weighted by atomic mass is 9.91. The first-order valence-electron chi connectivity index (χ1n) is 7.80. The van der Waals surface area contributed by atoms with Crippen LogP contribution in [0.15, 0.2) is 36.4 Å². The van der Waals surface area contributed by atoms with E-state index in [9.17, 15) is 14.4 Å². The number of benzene rings is 2. The van der Waals surface area contributed by atoms with Crippen molar-refractivity contribution in [2.45, 2.75) is 32.4 Å². The quantitative estimate of drug-likeness (QED) is 0.885. The fraction of sp³-hybridized carbons (Fsp3) is 0.278. The highest BCUT2D eigenvalue weighted by Gasteiger charge is 2.38. The normalized spacial score (nSPS) is 18.2. The van der Waals surface area contributed by atoms with E-state index in [1.807, 2.05) is 36.4 Å². The number of rotatable bonds is 3. The Kier molecular flexibility index (Phi) is 3.97. The Morgan fingerprint density at radius 3 is 2.62 bits per heavy atom. The van der Waals surface area contributed by atoms with Gasteiger partial charge in [-0.25, -0.2) is 0 Å². The predicted octanol–water partition coefficient (Wildman–Crippen LogP) is 1.11. The van der Waals surface area contributed by atoms with Gasteiger partial charge in [-0.15, -0.1) is 0 Å². The van der Waals surface area contributed by atoms with Crippen molar-refractivity contribution in [3.63, 3.8) is 0 Å². The molecule has 6 nitrogen and oxygen atoms in total. The molecule has 0 saturated carbocycles. The molecule has 3 N–H and O–H groups in total. The van der Waals surface area contributed by atoms with Crippen LogP contribution in [-0.4, -0.2) is 29.8 Å². The van der Waals surface area contributed by atoms with Gasteiger partial charge >= 0.3 is 0 Å². The van der Waals surface area contributed by atoms with Crippen LogP contribution < -0.4 is 16.0 Å². The van der Waals surface area contributed by atoms with Gasteiger partial charge in [0.25, 0.3) is 5.91 Å². The van der Waals surface area contributed by atoms with Crippen LogP contribution in [0.25, 0.3) is 10.8 Å². The molecule has 124 valence electrons. The minimum atomic E-state index is -0.797. The number of nitrogens with zero attached hydrogens (tertiary/aromatic N) is 1. The summed E-state index contributed by atoms with van der Waals surface area (Å²) in [5.41, 5.74) is 7.03. The molecule has 1 heterocycles. The lowest BCUT2D eigenvalue weighted by Crippen LogP contribution is -2.57. The van der Waals surface area contributed by atoms with Gasteiger partial charge in [0.2, 0.25) is 11.8 Å². The van der Waals surface area contributed by atoms with Gasteiger partial charge in [0.1, 0.15) is 12.1 Å². The number of primary amides is 1.